The van der Waals surface area contributed by atoms with Crippen LogP contribution in [0.5, 0.6) is 6.01 Å². The maximum absolute atomic E-state index is 10.6. The van der Waals surface area contributed by atoms with Gasteiger partial charge in [-0.25, -0.2) is 4.98 Å². The quantitative estimate of drug-likeness (QED) is 0.360. The molecular formula is C31H38N10OS2. The summed E-state index contributed by atoms with van der Waals surface area (Å²) in [6.45, 7) is 10.6. The van der Waals surface area contributed by atoms with Crippen LogP contribution in [0.3, 0.4) is 0 Å². The second kappa shape index (κ2) is 11.6. The number of likely N-dealkylation sites (tertiary alicyclic amines) is 1. The molecule has 1 unspecified atom stereocenters. The number of nitrogens with zero attached hydrogens (tertiary/aromatic N) is 8. The first-order chi connectivity index (χ1) is 21.1. The topological polar surface area (TPSA) is 157 Å². The summed E-state index contributed by atoms with van der Waals surface area (Å²) in [5.74, 6) is 2.33. The molecule has 1 spiro atoms. The van der Waals surface area contributed by atoms with Crippen LogP contribution in [0, 0.1) is 28.1 Å². The van der Waals surface area contributed by atoms with Gasteiger partial charge in [-0.05, 0) is 46.3 Å². The fourth-order valence-corrected chi connectivity index (χ4v) is 9.76. The molecule has 230 valence electrons. The fraction of sp³-hybridized carbons (Fsp3) is 0.516. The molecule has 0 bridgehead atoms. The van der Waals surface area contributed by atoms with E-state index in [0.717, 1.165) is 42.8 Å². The second-order valence-electron chi connectivity index (χ2n) is 12.4. The molecular weight excluding hydrogens is 593 g/mol. The summed E-state index contributed by atoms with van der Waals surface area (Å²) >= 11 is 3.35. The van der Waals surface area contributed by atoms with Crippen LogP contribution in [0.4, 0.5) is 22.5 Å². The minimum absolute atomic E-state index is 0.0310. The summed E-state index contributed by atoms with van der Waals surface area (Å²) in [6.07, 6.45) is 3.85. The highest BCUT2D eigenvalue weighted by Gasteiger charge is 2.53. The van der Waals surface area contributed by atoms with Gasteiger partial charge < -0.3 is 30.9 Å². The van der Waals surface area contributed by atoms with Crippen molar-refractivity contribution in [1.82, 2.24) is 19.9 Å². The SMILES string of the molecule is CCN(c1nc(OCC2(C)CCCN(C)C2)nc(N2CC3(C2)SCc2sc(N)c(C#N)c23)c1C#N)[C@H](C)c1cccnc1N. The Bertz CT molecular complexity index is 1660. The minimum atomic E-state index is -0.255. The largest absolute Gasteiger partial charge is 0.463 e. The van der Waals surface area contributed by atoms with Crippen LogP contribution in [0.15, 0.2) is 18.3 Å². The minimum Gasteiger partial charge on any atom is -0.463 e. The lowest BCUT2D eigenvalue weighted by Crippen LogP contribution is -2.57. The Labute approximate surface area is 266 Å². The molecule has 0 amide bonds. The number of hydrogen-bond donors (Lipinski definition) is 2. The Morgan fingerprint density at radius 2 is 1.95 bits per heavy atom. The third-order valence-electron chi connectivity index (χ3n) is 9.13. The average Bonchev–Trinajstić information content (AvgIpc) is 3.51. The number of rotatable bonds is 8. The standard InChI is InChI=1S/C31H38N10OS2/c1-5-41(19(2)20-8-6-10-36-25(20)34)28-22(13-33)27(37-29(38-28)42-18-30(3)9-7-11-39(4)15-30)40-16-31(17-40)24-21(12-32)26(35)44-23(24)14-43-31/h6,8,10,19H,5,7,9,11,14-18,35H2,1-4H3,(H2,34,36)/t19-,30?/m1/s1. The van der Waals surface area contributed by atoms with Gasteiger partial charge >= 0.3 is 6.01 Å². The third-order valence-corrected chi connectivity index (χ3v) is 11.8. The van der Waals surface area contributed by atoms with Crippen LogP contribution in [0.2, 0.25) is 0 Å². The van der Waals surface area contributed by atoms with Gasteiger partial charge in [-0.1, -0.05) is 13.0 Å². The number of nitrogen functional groups attached to an aromatic ring is 2. The average molecular weight is 631 g/mol. The maximum Gasteiger partial charge on any atom is 0.320 e. The van der Waals surface area contributed by atoms with Gasteiger partial charge in [0.05, 0.1) is 23.0 Å². The number of fused-ring (bicyclic) bond motifs is 2. The summed E-state index contributed by atoms with van der Waals surface area (Å²) < 4.78 is 6.15. The Kier molecular flexibility index (Phi) is 7.99. The van der Waals surface area contributed by atoms with Crippen molar-refractivity contribution < 1.29 is 4.74 Å². The zero-order valence-corrected chi connectivity index (χ0v) is 27.3. The summed E-state index contributed by atoms with van der Waals surface area (Å²) in [4.78, 5) is 21.7. The molecule has 0 radical (unpaired) electrons. The number of piperidine rings is 1. The Balaban J connectivity index is 1.38. The predicted molar refractivity (Wildman–Crippen MR) is 176 cm³/mol. The summed E-state index contributed by atoms with van der Waals surface area (Å²) in [6, 6.07) is 8.63. The number of anilines is 4. The molecule has 6 heterocycles. The van der Waals surface area contributed by atoms with Gasteiger partial charge in [0.15, 0.2) is 11.6 Å². The number of thiophene rings is 1. The van der Waals surface area contributed by atoms with Crippen LogP contribution < -0.4 is 26.0 Å². The highest BCUT2D eigenvalue weighted by molar-refractivity contribution is 8.00. The highest BCUT2D eigenvalue weighted by atomic mass is 32.2. The molecule has 3 aliphatic heterocycles. The second-order valence-corrected chi connectivity index (χ2v) is 14.9. The Morgan fingerprint density at radius 1 is 1.18 bits per heavy atom. The van der Waals surface area contributed by atoms with E-state index in [1.165, 1.54) is 16.2 Å². The molecule has 44 heavy (non-hydrogen) atoms. The molecule has 3 aliphatic rings. The van der Waals surface area contributed by atoms with Gasteiger partial charge in [0, 0.05) is 59.5 Å². The molecule has 0 saturated carbocycles. The number of nitrogens with two attached hydrogens (primary N) is 2. The molecule has 2 fully saturated rings. The van der Waals surface area contributed by atoms with Crippen molar-refractivity contribution in [2.75, 3.05) is 67.6 Å². The summed E-state index contributed by atoms with van der Waals surface area (Å²) in [5.41, 5.74) is 15.4. The van der Waals surface area contributed by atoms with Crippen molar-refractivity contribution in [2.45, 2.75) is 50.2 Å². The molecule has 11 nitrogen and oxygen atoms in total. The van der Waals surface area contributed by atoms with Crippen molar-refractivity contribution in [2.24, 2.45) is 5.41 Å². The van der Waals surface area contributed by atoms with E-state index in [1.807, 2.05) is 37.7 Å². The Morgan fingerprint density at radius 3 is 2.64 bits per heavy atom. The highest BCUT2D eigenvalue weighted by Crippen LogP contribution is 2.58. The van der Waals surface area contributed by atoms with E-state index in [-0.39, 0.29) is 22.2 Å². The molecule has 3 aromatic rings. The molecule has 0 aromatic carbocycles. The number of nitriles is 2. The van der Waals surface area contributed by atoms with Crippen molar-refractivity contribution >= 4 is 45.6 Å². The zero-order chi connectivity index (χ0) is 31.2. The molecule has 0 aliphatic carbocycles. The summed E-state index contributed by atoms with van der Waals surface area (Å²) in [7, 11) is 2.14. The first-order valence-corrected chi connectivity index (χ1v) is 16.7. The van der Waals surface area contributed by atoms with Crippen LogP contribution in [0.25, 0.3) is 0 Å². The van der Waals surface area contributed by atoms with E-state index in [0.29, 0.717) is 59.8 Å². The lowest BCUT2D eigenvalue weighted by atomic mass is 9.83. The van der Waals surface area contributed by atoms with Gasteiger partial charge in [-0.3, -0.25) is 0 Å². The van der Waals surface area contributed by atoms with E-state index in [1.54, 1.807) is 6.20 Å². The lowest BCUT2D eigenvalue weighted by Gasteiger charge is -2.49. The van der Waals surface area contributed by atoms with Gasteiger partial charge in [-0.2, -0.15) is 20.5 Å². The first-order valence-electron chi connectivity index (χ1n) is 14.9. The summed E-state index contributed by atoms with van der Waals surface area (Å²) in [5, 5.41) is 21.0. The van der Waals surface area contributed by atoms with E-state index in [4.69, 9.17) is 26.2 Å². The number of aromatic nitrogens is 3. The van der Waals surface area contributed by atoms with Gasteiger partial charge in [-0.15, -0.1) is 23.1 Å². The van der Waals surface area contributed by atoms with Crippen LogP contribution in [0.1, 0.15) is 66.8 Å². The van der Waals surface area contributed by atoms with Crippen molar-refractivity contribution in [3.05, 3.63) is 45.5 Å². The van der Waals surface area contributed by atoms with Gasteiger partial charge in [0.25, 0.3) is 0 Å². The van der Waals surface area contributed by atoms with Crippen molar-refractivity contribution in [3.63, 3.8) is 0 Å². The number of hydrogen-bond acceptors (Lipinski definition) is 13. The maximum atomic E-state index is 10.6. The normalized spacial score (nSPS) is 21.3. The van der Waals surface area contributed by atoms with E-state index in [9.17, 15) is 10.5 Å². The molecule has 13 heteroatoms. The van der Waals surface area contributed by atoms with Crippen molar-refractivity contribution in [3.8, 4) is 18.1 Å². The molecule has 6 rings (SSSR count). The molecule has 4 N–H and O–H groups in total. The number of thioether (sulfide) groups is 1. The van der Waals surface area contributed by atoms with Crippen LogP contribution in [-0.2, 0) is 10.5 Å². The molecule has 3 aromatic heterocycles. The van der Waals surface area contributed by atoms with Crippen LogP contribution >= 0.6 is 23.1 Å². The van der Waals surface area contributed by atoms with Gasteiger partial charge in [0.1, 0.15) is 28.5 Å². The monoisotopic (exact) mass is 630 g/mol. The molecule has 2 saturated heterocycles. The Hall–Kier alpha value is -3.78. The van der Waals surface area contributed by atoms with E-state index in [2.05, 4.69) is 45.8 Å². The van der Waals surface area contributed by atoms with Crippen molar-refractivity contribution in [1.29, 1.82) is 10.5 Å². The first kappa shape index (κ1) is 30.3. The fourth-order valence-electron chi connectivity index (χ4n) is 6.96. The lowest BCUT2D eigenvalue weighted by molar-refractivity contribution is 0.0659. The zero-order valence-electron chi connectivity index (χ0n) is 25.6. The molecule has 2 atom stereocenters. The smallest absolute Gasteiger partial charge is 0.320 e. The van der Waals surface area contributed by atoms with Gasteiger partial charge in [0.2, 0.25) is 0 Å². The van der Waals surface area contributed by atoms with E-state index >= 15 is 0 Å². The van der Waals surface area contributed by atoms with Crippen LogP contribution in [-0.4, -0.2) is 66.2 Å². The third kappa shape index (κ3) is 5.17. The van der Waals surface area contributed by atoms with E-state index < -0.39 is 0 Å². The number of pyridine rings is 1. The predicted octanol–water partition coefficient (Wildman–Crippen LogP) is 4.50. The number of ether oxygens (including phenoxy) is 1.